The van der Waals surface area contributed by atoms with E-state index in [1.54, 1.807) is 30.7 Å². The number of hydrogen-bond acceptors (Lipinski definition) is 6. The molecule has 0 atom stereocenters. The number of allylic oxidation sites excluding steroid dienone is 1. The lowest BCUT2D eigenvalue weighted by Gasteiger charge is -2.16. The summed E-state index contributed by atoms with van der Waals surface area (Å²) in [5.41, 5.74) is 1.30. The van der Waals surface area contributed by atoms with E-state index in [4.69, 9.17) is 0 Å². The smallest absolute Gasteiger partial charge is 0.271 e. The number of carbonyl (C=O) groups is 1. The maximum atomic E-state index is 12.5. The van der Waals surface area contributed by atoms with Gasteiger partial charge in [-0.1, -0.05) is 6.07 Å². The molecular weight excluding hydrogens is 366 g/mol. The van der Waals surface area contributed by atoms with Gasteiger partial charge >= 0.3 is 0 Å². The number of phenolic OH excluding ortho intramolecular Hbond substituents is 1. The SMILES string of the molecule is CSc1c(NS(=O)(=O)c2cccs2)cc(C)c(O)c1C=CC(C)=O. The van der Waals surface area contributed by atoms with Crippen molar-refractivity contribution in [3.8, 4) is 5.75 Å². The largest absolute Gasteiger partial charge is 0.507 e. The second-order valence-electron chi connectivity index (χ2n) is 5.02. The maximum Gasteiger partial charge on any atom is 0.271 e. The van der Waals surface area contributed by atoms with Gasteiger partial charge in [0.2, 0.25) is 0 Å². The van der Waals surface area contributed by atoms with Gasteiger partial charge in [-0.3, -0.25) is 9.52 Å². The third-order valence-electron chi connectivity index (χ3n) is 3.17. The average Bonchev–Trinajstić information content (AvgIpc) is 3.04. The first-order valence-electron chi connectivity index (χ1n) is 6.91. The van der Waals surface area contributed by atoms with Gasteiger partial charge in [-0.25, -0.2) is 8.42 Å². The van der Waals surface area contributed by atoms with Gasteiger partial charge in [0, 0.05) is 10.5 Å². The Kier molecular flexibility index (Phi) is 5.74. The molecule has 0 unspecified atom stereocenters. The topological polar surface area (TPSA) is 83.5 Å². The zero-order valence-electron chi connectivity index (χ0n) is 13.4. The number of phenols is 1. The van der Waals surface area contributed by atoms with Crippen LogP contribution in [0.1, 0.15) is 18.1 Å². The second kappa shape index (κ2) is 7.42. The summed E-state index contributed by atoms with van der Waals surface area (Å²) in [6, 6.07) is 4.77. The number of nitrogens with one attached hydrogen (secondary N) is 1. The van der Waals surface area contributed by atoms with Crippen LogP contribution in [0.15, 0.2) is 38.8 Å². The molecule has 0 fully saturated rings. The molecule has 0 bridgehead atoms. The summed E-state index contributed by atoms with van der Waals surface area (Å²) in [7, 11) is -3.70. The minimum absolute atomic E-state index is 0.0240. The number of carbonyl (C=O) groups excluding carboxylic acids is 1. The molecule has 0 aliphatic rings. The van der Waals surface area contributed by atoms with Crippen LogP contribution < -0.4 is 4.72 Å². The normalized spacial score (nSPS) is 11.8. The molecule has 2 aromatic rings. The first kappa shape index (κ1) is 18.6. The summed E-state index contributed by atoms with van der Waals surface area (Å²) in [6.45, 7) is 3.08. The van der Waals surface area contributed by atoms with E-state index in [9.17, 15) is 18.3 Å². The van der Waals surface area contributed by atoms with Gasteiger partial charge in [0.1, 0.15) is 9.96 Å². The number of anilines is 1. The van der Waals surface area contributed by atoms with Crippen LogP contribution in [0.3, 0.4) is 0 Å². The van der Waals surface area contributed by atoms with Gasteiger partial charge in [0.25, 0.3) is 10.0 Å². The van der Waals surface area contributed by atoms with E-state index >= 15 is 0 Å². The van der Waals surface area contributed by atoms with Gasteiger partial charge in [-0.15, -0.1) is 23.1 Å². The fourth-order valence-corrected chi connectivity index (χ4v) is 4.91. The van der Waals surface area contributed by atoms with Crippen molar-refractivity contribution in [2.45, 2.75) is 23.0 Å². The van der Waals surface area contributed by atoms with Crippen molar-refractivity contribution in [1.29, 1.82) is 0 Å². The molecule has 24 heavy (non-hydrogen) atoms. The molecule has 2 N–H and O–H groups in total. The van der Waals surface area contributed by atoms with Crippen LogP contribution >= 0.6 is 23.1 Å². The number of sulfonamides is 1. The lowest BCUT2D eigenvalue weighted by atomic mass is 10.1. The zero-order valence-corrected chi connectivity index (χ0v) is 15.8. The lowest BCUT2D eigenvalue weighted by molar-refractivity contribution is -0.112. The summed E-state index contributed by atoms with van der Waals surface area (Å²) in [5, 5.41) is 12.0. The molecule has 128 valence electrons. The van der Waals surface area contributed by atoms with E-state index in [-0.39, 0.29) is 15.7 Å². The molecule has 5 nitrogen and oxygen atoms in total. The predicted octanol–water partition coefficient (Wildman–Crippen LogP) is 3.89. The third-order valence-corrected chi connectivity index (χ3v) is 6.78. The van der Waals surface area contributed by atoms with Crippen molar-refractivity contribution < 1.29 is 18.3 Å². The number of ketones is 1. The van der Waals surface area contributed by atoms with Gasteiger partial charge < -0.3 is 5.11 Å². The Balaban J connectivity index is 2.56. The zero-order chi connectivity index (χ0) is 17.9. The highest BCUT2D eigenvalue weighted by Crippen LogP contribution is 2.39. The molecule has 1 aromatic heterocycles. The van der Waals surface area contributed by atoms with E-state index < -0.39 is 10.0 Å². The first-order chi connectivity index (χ1) is 11.3. The maximum absolute atomic E-state index is 12.5. The van der Waals surface area contributed by atoms with Gasteiger partial charge in [0.05, 0.1) is 5.69 Å². The highest BCUT2D eigenvalue weighted by atomic mass is 32.2. The molecule has 1 heterocycles. The van der Waals surface area contributed by atoms with E-state index in [0.29, 0.717) is 21.7 Å². The third kappa shape index (κ3) is 4.00. The van der Waals surface area contributed by atoms with E-state index in [2.05, 4.69) is 4.72 Å². The first-order valence-corrected chi connectivity index (χ1v) is 10.5. The minimum atomic E-state index is -3.70. The number of thiophene rings is 1. The number of aromatic hydroxyl groups is 1. The predicted molar refractivity (Wildman–Crippen MR) is 99.5 cm³/mol. The number of hydrogen-bond donors (Lipinski definition) is 2. The second-order valence-corrected chi connectivity index (χ2v) is 8.69. The van der Waals surface area contributed by atoms with Crippen molar-refractivity contribution in [2.75, 3.05) is 11.0 Å². The number of aryl methyl sites for hydroxylation is 1. The molecule has 0 aliphatic carbocycles. The molecule has 0 aliphatic heterocycles. The molecule has 0 saturated carbocycles. The quantitative estimate of drug-likeness (QED) is 0.449. The summed E-state index contributed by atoms with van der Waals surface area (Å²) >= 11 is 2.41. The van der Waals surface area contributed by atoms with Crippen LogP contribution in [0.5, 0.6) is 5.75 Å². The van der Waals surface area contributed by atoms with Gasteiger partial charge in [-0.05, 0) is 55.3 Å². The van der Waals surface area contributed by atoms with E-state index in [1.165, 1.54) is 36.9 Å². The van der Waals surface area contributed by atoms with E-state index in [1.807, 2.05) is 0 Å². The van der Waals surface area contributed by atoms with E-state index in [0.717, 1.165) is 11.3 Å². The fraction of sp³-hybridized carbons (Fsp3) is 0.188. The minimum Gasteiger partial charge on any atom is -0.507 e. The Morgan fingerprint density at radius 2 is 2.12 bits per heavy atom. The van der Waals surface area contributed by atoms with Crippen LogP contribution in [-0.2, 0) is 14.8 Å². The molecule has 8 heteroatoms. The van der Waals surface area contributed by atoms with Gasteiger partial charge in [-0.2, -0.15) is 0 Å². The Morgan fingerprint density at radius 3 is 2.67 bits per heavy atom. The van der Waals surface area contributed by atoms with Crippen molar-refractivity contribution in [3.63, 3.8) is 0 Å². The molecule has 1 aromatic carbocycles. The Morgan fingerprint density at radius 1 is 1.42 bits per heavy atom. The van der Waals surface area contributed by atoms with Crippen LogP contribution in [0, 0.1) is 6.92 Å². The molecule has 0 spiro atoms. The van der Waals surface area contributed by atoms with Crippen LogP contribution in [0.2, 0.25) is 0 Å². The number of rotatable bonds is 6. The monoisotopic (exact) mass is 383 g/mol. The van der Waals surface area contributed by atoms with Gasteiger partial charge in [0.15, 0.2) is 5.78 Å². The van der Waals surface area contributed by atoms with Crippen molar-refractivity contribution in [1.82, 2.24) is 0 Å². The standard InChI is InChI=1S/C16H17NO4S3/c1-10-9-13(17-24(20,21)14-5-4-8-23-14)16(22-3)12(15(10)19)7-6-11(2)18/h4-9,17,19H,1-3H3. The Labute approximate surface area is 149 Å². The fourth-order valence-electron chi connectivity index (χ4n) is 2.08. The summed E-state index contributed by atoms with van der Waals surface area (Å²) in [4.78, 5) is 11.7. The van der Waals surface area contributed by atoms with Crippen LogP contribution in [0.4, 0.5) is 5.69 Å². The van der Waals surface area contributed by atoms with Crippen molar-refractivity contribution in [2.24, 2.45) is 0 Å². The molecule has 0 amide bonds. The molecule has 0 radical (unpaired) electrons. The summed E-state index contributed by atoms with van der Waals surface area (Å²) < 4.78 is 27.7. The summed E-state index contributed by atoms with van der Waals surface area (Å²) in [6.07, 6.45) is 4.61. The van der Waals surface area contributed by atoms with Crippen LogP contribution in [-0.4, -0.2) is 25.6 Å². The summed E-state index contributed by atoms with van der Waals surface area (Å²) in [5.74, 6) is -0.139. The number of benzene rings is 1. The Hall–Kier alpha value is -1.77. The lowest BCUT2D eigenvalue weighted by Crippen LogP contribution is -2.12. The highest BCUT2D eigenvalue weighted by Gasteiger charge is 2.20. The van der Waals surface area contributed by atoms with Crippen molar-refractivity contribution in [3.05, 3.63) is 40.8 Å². The average molecular weight is 384 g/mol. The molecule has 0 saturated heterocycles. The molecule has 2 rings (SSSR count). The Bertz CT molecular complexity index is 885. The van der Waals surface area contributed by atoms with Crippen LogP contribution in [0.25, 0.3) is 6.08 Å². The number of thioether (sulfide) groups is 1. The van der Waals surface area contributed by atoms with Crippen molar-refractivity contribution >= 4 is 50.7 Å². The molecular formula is C16H17NO4S3. The highest BCUT2D eigenvalue weighted by molar-refractivity contribution is 7.99.